The second kappa shape index (κ2) is 6.40. The summed E-state index contributed by atoms with van der Waals surface area (Å²) in [6.45, 7) is 2.61. The van der Waals surface area contributed by atoms with Crippen molar-refractivity contribution in [2.24, 2.45) is 5.73 Å². The standard InChI is InChI=1S/C13H20N2O4/c1-13(12(14)17,15-6-7-18-2)9-4-5-10(16)11(8-9)19-3/h4-5,8,15-16H,6-7H2,1-3H3,(H2,14,17). The van der Waals surface area contributed by atoms with Crippen molar-refractivity contribution in [1.82, 2.24) is 5.32 Å². The molecule has 1 unspecified atom stereocenters. The van der Waals surface area contributed by atoms with Gasteiger partial charge in [-0.15, -0.1) is 0 Å². The van der Waals surface area contributed by atoms with E-state index in [-0.39, 0.29) is 5.75 Å². The quantitative estimate of drug-likeness (QED) is 0.620. The lowest BCUT2D eigenvalue weighted by molar-refractivity contribution is -0.124. The molecule has 1 aromatic rings. The Kier molecular flexibility index (Phi) is 5.14. The number of benzene rings is 1. The van der Waals surface area contributed by atoms with E-state index in [0.717, 1.165) is 0 Å². The molecule has 1 atom stereocenters. The summed E-state index contributed by atoms with van der Waals surface area (Å²) < 4.78 is 9.97. The summed E-state index contributed by atoms with van der Waals surface area (Å²) in [5, 5.41) is 12.6. The van der Waals surface area contributed by atoms with Crippen LogP contribution in [-0.4, -0.2) is 38.4 Å². The van der Waals surface area contributed by atoms with Crippen LogP contribution >= 0.6 is 0 Å². The largest absolute Gasteiger partial charge is 0.504 e. The van der Waals surface area contributed by atoms with Gasteiger partial charge < -0.3 is 20.3 Å². The van der Waals surface area contributed by atoms with E-state index < -0.39 is 11.4 Å². The van der Waals surface area contributed by atoms with Crippen LogP contribution in [0, 0.1) is 0 Å². The van der Waals surface area contributed by atoms with Gasteiger partial charge in [-0.05, 0) is 24.6 Å². The Balaban J connectivity index is 3.07. The lowest BCUT2D eigenvalue weighted by Crippen LogP contribution is -2.51. The molecule has 0 aromatic heterocycles. The van der Waals surface area contributed by atoms with Crippen LogP contribution in [0.15, 0.2) is 18.2 Å². The number of rotatable bonds is 7. The molecule has 0 fully saturated rings. The second-order valence-corrected chi connectivity index (χ2v) is 4.30. The number of nitrogens with one attached hydrogen (secondary N) is 1. The number of carbonyl (C=O) groups excluding carboxylic acids is 1. The van der Waals surface area contributed by atoms with Crippen molar-refractivity contribution in [3.8, 4) is 11.5 Å². The van der Waals surface area contributed by atoms with Gasteiger partial charge in [0.15, 0.2) is 11.5 Å². The number of methoxy groups -OCH3 is 2. The Labute approximate surface area is 112 Å². The molecular formula is C13H20N2O4. The molecule has 0 aliphatic heterocycles. The van der Waals surface area contributed by atoms with E-state index >= 15 is 0 Å². The molecule has 0 saturated heterocycles. The van der Waals surface area contributed by atoms with E-state index in [1.807, 2.05) is 0 Å². The number of aromatic hydroxyl groups is 1. The van der Waals surface area contributed by atoms with Crippen LogP contribution in [0.3, 0.4) is 0 Å². The molecule has 4 N–H and O–H groups in total. The minimum absolute atomic E-state index is 0.00922. The number of hydrogen-bond acceptors (Lipinski definition) is 5. The Bertz CT molecular complexity index is 450. The molecule has 0 heterocycles. The van der Waals surface area contributed by atoms with Crippen molar-refractivity contribution < 1.29 is 19.4 Å². The minimum Gasteiger partial charge on any atom is -0.504 e. The van der Waals surface area contributed by atoms with E-state index in [4.69, 9.17) is 15.2 Å². The number of amides is 1. The maximum atomic E-state index is 11.7. The van der Waals surface area contributed by atoms with Crippen LogP contribution in [-0.2, 0) is 15.1 Å². The molecule has 0 bridgehead atoms. The molecule has 0 saturated carbocycles. The second-order valence-electron chi connectivity index (χ2n) is 4.30. The molecule has 0 spiro atoms. The monoisotopic (exact) mass is 268 g/mol. The van der Waals surface area contributed by atoms with Crippen molar-refractivity contribution in [3.63, 3.8) is 0 Å². The smallest absolute Gasteiger partial charge is 0.242 e. The Hall–Kier alpha value is -1.79. The Morgan fingerprint density at radius 2 is 2.16 bits per heavy atom. The van der Waals surface area contributed by atoms with Crippen molar-refractivity contribution in [2.75, 3.05) is 27.4 Å². The topological polar surface area (TPSA) is 93.8 Å². The molecule has 0 radical (unpaired) electrons. The molecule has 0 aliphatic carbocycles. The lowest BCUT2D eigenvalue weighted by atomic mass is 9.91. The van der Waals surface area contributed by atoms with E-state index in [9.17, 15) is 9.90 Å². The minimum atomic E-state index is -1.06. The fraction of sp³-hybridized carbons (Fsp3) is 0.462. The number of primary amides is 1. The molecular weight excluding hydrogens is 248 g/mol. The molecule has 1 aromatic carbocycles. The van der Waals surface area contributed by atoms with Gasteiger partial charge in [0.05, 0.1) is 13.7 Å². The average molecular weight is 268 g/mol. The Morgan fingerprint density at radius 1 is 1.47 bits per heavy atom. The predicted molar refractivity (Wildman–Crippen MR) is 71.1 cm³/mol. The van der Waals surface area contributed by atoms with E-state index in [1.165, 1.54) is 13.2 Å². The van der Waals surface area contributed by atoms with Gasteiger partial charge in [0.2, 0.25) is 5.91 Å². The highest BCUT2D eigenvalue weighted by atomic mass is 16.5. The third kappa shape index (κ3) is 3.36. The van der Waals surface area contributed by atoms with Crippen LogP contribution in [0.4, 0.5) is 0 Å². The highest BCUT2D eigenvalue weighted by Crippen LogP contribution is 2.31. The average Bonchev–Trinajstić information content (AvgIpc) is 2.39. The summed E-state index contributed by atoms with van der Waals surface area (Å²) >= 11 is 0. The molecule has 1 rings (SSSR count). The van der Waals surface area contributed by atoms with Gasteiger partial charge in [0, 0.05) is 13.7 Å². The van der Waals surface area contributed by atoms with Crippen LogP contribution < -0.4 is 15.8 Å². The third-order valence-corrected chi connectivity index (χ3v) is 3.03. The first-order chi connectivity index (χ1) is 8.95. The SMILES string of the molecule is COCCNC(C)(C(N)=O)c1ccc(O)c(OC)c1. The van der Waals surface area contributed by atoms with Crippen molar-refractivity contribution in [3.05, 3.63) is 23.8 Å². The number of carbonyl (C=O) groups is 1. The molecule has 106 valence electrons. The summed E-state index contributed by atoms with van der Waals surface area (Å²) in [6.07, 6.45) is 0. The van der Waals surface area contributed by atoms with Gasteiger partial charge in [0.1, 0.15) is 5.54 Å². The summed E-state index contributed by atoms with van der Waals surface area (Å²) in [7, 11) is 3.02. The molecule has 0 aliphatic rings. The van der Waals surface area contributed by atoms with Crippen molar-refractivity contribution in [1.29, 1.82) is 0 Å². The highest BCUT2D eigenvalue weighted by molar-refractivity contribution is 5.86. The molecule has 1 amide bonds. The first kappa shape index (κ1) is 15.3. The van der Waals surface area contributed by atoms with Crippen molar-refractivity contribution >= 4 is 5.91 Å². The van der Waals surface area contributed by atoms with Gasteiger partial charge in [-0.2, -0.15) is 0 Å². The lowest BCUT2D eigenvalue weighted by Gasteiger charge is -2.28. The molecule has 19 heavy (non-hydrogen) atoms. The normalized spacial score (nSPS) is 13.8. The summed E-state index contributed by atoms with van der Waals surface area (Å²) in [5.74, 6) is -0.218. The highest BCUT2D eigenvalue weighted by Gasteiger charge is 2.33. The van der Waals surface area contributed by atoms with Gasteiger partial charge in [0.25, 0.3) is 0 Å². The number of phenols is 1. The van der Waals surface area contributed by atoms with Gasteiger partial charge in [-0.25, -0.2) is 0 Å². The zero-order chi connectivity index (χ0) is 14.5. The van der Waals surface area contributed by atoms with E-state index in [1.54, 1.807) is 26.2 Å². The van der Waals surface area contributed by atoms with Crippen molar-refractivity contribution in [2.45, 2.75) is 12.5 Å². The summed E-state index contributed by atoms with van der Waals surface area (Å²) in [6, 6.07) is 4.68. The zero-order valence-corrected chi connectivity index (χ0v) is 11.4. The fourth-order valence-electron chi connectivity index (χ4n) is 1.72. The number of ether oxygens (including phenoxy) is 2. The zero-order valence-electron chi connectivity index (χ0n) is 11.4. The van der Waals surface area contributed by atoms with Crippen LogP contribution in [0.25, 0.3) is 0 Å². The van der Waals surface area contributed by atoms with E-state index in [2.05, 4.69) is 5.32 Å². The molecule has 6 heteroatoms. The van der Waals surface area contributed by atoms with Crippen LogP contribution in [0.1, 0.15) is 12.5 Å². The fourth-order valence-corrected chi connectivity index (χ4v) is 1.72. The maximum absolute atomic E-state index is 11.7. The Morgan fingerprint density at radius 3 is 2.68 bits per heavy atom. The van der Waals surface area contributed by atoms with Gasteiger partial charge in [-0.3, -0.25) is 10.1 Å². The van der Waals surface area contributed by atoms with Crippen LogP contribution in [0.2, 0.25) is 0 Å². The van der Waals surface area contributed by atoms with E-state index in [0.29, 0.717) is 24.5 Å². The predicted octanol–water partition coefficient (Wildman–Crippen LogP) is 0.337. The van der Waals surface area contributed by atoms with Gasteiger partial charge in [-0.1, -0.05) is 6.07 Å². The molecule has 6 nitrogen and oxygen atoms in total. The van der Waals surface area contributed by atoms with Gasteiger partial charge >= 0.3 is 0 Å². The van der Waals surface area contributed by atoms with Crippen LogP contribution in [0.5, 0.6) is 11.5 Å². The third-order valence-electron chi connectivity index (χ3n) is 3.03. The summed E-state index contributed by atoms with van der Waals surface area (Å²) in [5.41, 5.74) is 5.03. The first-order valence-electron chi connectivity index (χ1n) is 5.87. The number of phenolic OH excluding ortho intramolecular Hbond substituents is 1. The first-order valence-corrected chi connectivity index (χ1v) is 5.87. The number of nitrogens with two attached hydrogens (primary N) is 1. The maximum Gasteiger partial charge on any atom is 0.242 e. The summed E-state index contributed by atoms with van der Waals surface area (Å²) in [4.78, 5) is 11.7. The number of hydrogen-bond donors (Lipinski definition) is 3.